The van der Waals surface area contributed by atoms with Crippen LogP contribution in [0.4, 0.5) is 5.69 Å². The van der Waals surface area contributed by atoms with Crippen molar-refractivity contribution in [1.29, 1.82) is 0 Å². The summed E-state index contributed by atoms with van der Waals surface area (Å²) in [6, 6.07) is 8.32. The van der Waals surface area contributed by atoms with E-state index in [1.165, 1.54) is 5.57 Å². The quantitative estimate of drug-likeness (QED) is 0.678. The zero-order valence-corrected chi connectivity index (χ0v) is 14.7. The summed E-state index contributed by atoms with van der Waals surface area (Å²) in [4.78, 5) is 21.0. The van der Waals surface area contributed by atoms with E-state index >= 15 is 0 Å². The highest BCUT2D eigenvalue weighted by atomic mass is 16.6. The van der Waals surface area contributed by atoms with Crippen LogP contribution in [0, 0.1) is 11.8 Å². The predicted octanol–water partition coefficient (Wildman–Crippen LogP) is 2.49. The Morgan fingerprint density at radius 1 is 1.40 bits per heavy atom. The van der Waals surface area contributed by atoms with Crippen molar-refractivity contribution in [3.63, 3.8) is 0 Å². The SMILES string of the molecule is C/C=C1\CN2C(=O)[C@@]3(c4ccccc4NOC)C[C@@H]2[C@@H]2CO[C@H]3C[C@H]12. The molecule has 0 aromatic heterocycles. The van der Waals surface area contributed by atoms with Crippen LogP contribution >= 0.6 is 0 Å². The van der Waals surface area contributed by atoms with Crippen molar-refractivity contribution < 1.29 is 14.4 Å². The fourth-order valence-electron chi connectivity index (χ4n) is 5.83. The van der Waals surface area contributed by atoms with Crippen LogP contribution in [0.5, 0.6) is 0 Å². The second-order valence-electron chi connectivity index (χ2n) is 7.72. The van der Waals surface area contributed by atoms with E-state index in [-0.39, 0.29) is 12.0 Å². The van der Waals surface area contributed by atoms with Gasteiger partial charge in [0, 0.05) is 18.5 Å². The van der Waals surface area contributed by atoms with Gasteiger partial charge in [-0.25, -0.2) is 0 Å². The maximum absolute atomic E-state index is 13.7. The van der Waals surface area contributed by atoms with Gasteiger partial charge in [0.25, 0.3) is 0 Å². The number of allylic oxidation sites excluding steroid dienone is 1. The molecule has 6 rings (SSSR count). The summed E-state index contributed by atoms with van der Waals surface area (Å²) >= 11 is 0. The summed E-state index contributed by atoms with van der Waals surface area (Å²) in [7, 11) is 1.60. The van der Waals surface area contributed by atoms with Crippen LogP contribution < -0.4 is 5.48 Å². The molecule has 0 radical (unpaired) electrons. The van der Waals surface area contributed by atoms with E-state index in [4.69, 9.17) is 9.57 Å². The Morgan fingerprint density at radius 2 is 2.24 bits per heavy atom. The summed E-state index contributed by atoms with van der Waals surface area (Å²) in [5.74, 6) is 1.23. The fourth-order valence-corrected chi connectivity index (χ4v) is 5.83. The van der Waals surface area contributed by atoms with Crippen LogP contribution in [-0.2, 0) is 19.8 Å². The maximum Gasteiger partial charge on any atom is 0.236 e. The highest BCUT2D eigenvalue weighted by Gasteiger charge is 2.67. The summed E-state index contributed by atoms with van der Waals surface area (Å²) in [5, 5.41) is 0. The number of anilines is 1. The molecule has 5 aliphatic rings. The monoisotopic (exact) mass is 340 g/mol. The highest BCUT2D eigenvalue weighted by Crippen LogP contribution is 2.58. The zero-order valence-electron chi connectivity index (χ0n) is 14.7. The number of hydrogen-bond acceptors (Lipinski definition) is 4. The number of rotatable bonds is 3. The van der Waals surface area contributed by atoms with Gasteiger partial charge >= 0.3 is 0 Å². The Kier molecular flexibility index (Phi) is 3.28. The second kappa shape index (κ2) is 5.32. The number of amides is 1. The first-order valence-electron chi connectivity index (χ1n) is 9.17. The van der Waals surface area contributed by atoms with Crippen molar-refractivity contribution in [3.8, 4) is 0 Å². The first-order chi connectivity index (χ1) is 12.2. The maximum atomic E-state index is 13.7. The van der Waals surface area contributed by atoms with Gasteiger partial charge in [0.15, 0.2) is 0 Å². The molecule has 1 saturated carbocycles. The van der Waals surface area contributed by atoms with E-state index in [9.17, 15) is 4.79 Å². The molecule has 4 heterocycles. The van der Waals surface area contributed by atoms with Crippen molar-refractivity contribution in [3.05, 3.63) is 41.5 Å². The number of nitrogens with one attached hydrogen (secondary N) is 1. The third-order valence-electron chi connectivity index (χ3n) is 6.91. The lowest BCUT2D eigenvalue weighted by molar-refractivity contribution is -0.154. The lowest BCUT2D eigenvalue weighted by atomic mass is 9.69. The van der Waals surface area contributed by atoms with E-state index in [1.807, 2.05) is 18.2 Å². The van der Waals surface area contributed by atoms with Gasteiger partial charge in [-0.2, -0.15) is 0 Å². The molecule has 5 heteroatoms. The number of para-hydroxylation sites is 1. The van der Waals surface area contributed by atoms with Gasteiger partial charge in [-0.05, 0) is 37.3 Å². The number of benzene rings is 1. The van der Waals surface area contributed by atoms with E-state index in [0.717, 1.165) is 37.2 Å². The lowest BCUT2D eigenvalue weighted by Gasteiger charge is -2.50. The van der Waals surface area contributed by atoms with E-state index in [1.54, 1.807) is 7.11 Å². The largest absolute Gasteiger partial charge is 0.376 e. The molecule has 1 aromatic carbocycles. The molecular weight excluding hydrogens is 316 g/mol. The van der Waals surface area contributed by atoms with Gasteiger partial charge in [-0.1, -0.05) is 29.8 Å². The summed E-state index contributed by atoms with van der Waals surface area (Å²) in [6.07, 6.45) is 3.96. The number of fused-ring (bicyclic) bond motifs is 1. The predicted molar refractivity (Wildman–Crippen MR) is 94.0 cm³/mol. The number of carbonyl (C=O) groups excluding carboxylic acids is 1. The zero-order chi connectivity index (χ0) is 17.2. The molecule has 1 aliphatic carbocycles. The number of piperidine rings is 1. The van der Waals surface area contributed by atoms with Crippen LogP contribution in [0.2, 0.25) is 0 Å². The van der Waals surface area contributed by atoms with Crippen molar-refractivity contribution in [2.24, 2.45) is 11.8 Å². The van der Waals surface area contributed by atoms with Gasteiger partial charge in [-0.15, -0.1) is 0 Å². The van der Waals surface area contributed by atoms with E-state index in [0.29, 0.717) is 17.9 Å². The smallest absolute Gasteiger partial charge is 0.236 e. The first-order valence-corrected chi connectivity index (χ1v) is 9.17. The molecular formula is C20H24N2O3. The third-order valence-corrected chi connectivity index (χ3v) is 6.91. The Morgan fingerprint density at radius 3 is 3.04 bits per heavy atom. The average Bonchev–Trinajstić information content (AvgIpc) is 2.78. The van der Waals surface area contributed by atoms with Gasteiger partial charge in [0.2, 0.25) is 5.91 Å². The lowest BCUT2D eigenvalue weighted by Crippen LogP contribution is -2.59. The first kappa shape index (κ1) is 15.4. The van der Waals surface area contributed by atoms with Crippen molar-refractivity contribution in [1.82, 2.24) is 4.90 Å². The molecule has 5 nitrogen and oxygen atoms in total. The molecule has 1 aromatic rings. The van der Waals surface area contributed by atoms with E-state index < -0.39 is 5.41 Å². The summed E-state index contributed by atoms with van der Waals surface area (Å²) < 4.78 is 6.30. The third kappa shape index (κ3) is 1.83. The van der Waals surface area contributed by atoms with Gasteiger partial charge in [0.05, 0.1) is 25.5 Å². The Bertz CT molecular complexity index is 761. The molecule has 5 atom stereocenters. The minimum absolute atomic E-state index is 0.0636. The van der Waals surface area contributed by atoms with Crippen LogP contribution in [0.15, 0.2) is 35.9 Å². The van der Waals surface area contributed by atoms with Crippen LogP contribution in [0.25, 0.3) is 0 Å². The van der Waals surface area contributed by atoms with Gasteiger partial charge in [-0.3, -0.25) is 15.1 Å². The number of nitrogens with zero attached hydrogens (tertiary/aromatic N) is 1. The minimum atomic E-state index is -0.588. The molecule has 132 valence electrons. The highest BCUT2D eigenvalue weighted by molar-refractivity contribution is 5.94. The van der Waals surface area contributed by atoms with Crippen molar-refractivity contribution in [2.45, 2.75) is 37.3 Å². The summed E-state index contributed by atoms with van der Waals surface area (Å²) in [6.45, 7) is 3.66. The Balaban J connectivity index is 1.70. The van der Waals surface area contributed by atoms with Crippen LogP contribution in [-0.4, -0.2) is 43.2 Å². The molecule has 0 spiro atoms. The molecule has 0 unspecified atom stereocenters. The average molecular weight is 340 g/mol. The molecule has 5 bridgehead atoms. The van der Waals surface area contributed by atoms with Crippen molar-refractivity contribution in [2.75, 3.05) is 25.7 Å². The number of carbonyl (C=O) groups is 1. The standard InChI is InChI=1S/C20H24N2O3/c1-3-12-10-22-17-9-20(19(22)23,18-8-13(12)14(17)11-25-18)15-6-4-5-7-16(15)21-24-2/h3-7,13-14,17-18,21H,8-11H2,1-2H3/b12-3+/t13-,14-,17-,18+,20-/m1/s1. The molecule has 4 aliphatic heterocycles. The molecule has 1 amide bonds. The summed E-state index contributed by atoms with van der Waals surface area (Å²) in [5.41, 5.74) is 5.70. The Hall–Kier alpha value is -1.85. The van der Waals surface area contributed by atoms with Gasteiger partial charge < -0.3 is 9.64 Å². The number of hydrogen-bond donors (Lipinski definition) is 1. The second-order valence-corrected chi connectivity index (χ2v) is 7.72. The number of ether oxygens (including phenoxy) is 1. The van der Waals surface area contributed by atoms with E-state index in [2.05, 4.69) is 29.4 Å². The fraction of sp³-hybridized carbons (Fsp3) is 0.550. The minimum Gasteiger partial charge on any atom is -0.376 e. The van der Waals surface area contributed by atoms with Crippen LogP contribution in [0.1, 0.15) is 25.3 Å². The normalized spacial score (nSPS) is 40.0. The molecule has 4 saturated heterocycles. The van der Waals surface area contributed by atoms with Crippen molar-refractivity contribution >= 4 is 11.6 Å². The molecule has 25 heavy (non-hydrogen) atoms. The van der Waals surface area contributed by atoms with Crippen LogP contribution in [0.3, 0.4) is 0 Å². The Labute approximate surface area is 147 Å². The topological polar surface area (TPSA) is 50.8 Å². The van der Waals surface area contributed by atoms with Gasteiger partial charge in [0.1, 0.15) is 5.41 Å². The molecule has 1 N–H and O–H groups in total. The molecule has 5 fully saturated rings.